The first-order valence-electron chi connectivity index (χ1n) is 4.96. The Morgan fingerprint density at radius 2 is 2.29 bits per heavy atom. The van der Waals surface area contributed by atoms with Crippen molar-refractivity contribution in [3.63, 3.8) is 0 Å². The van der Waals surface area contributed by atoms with Gasteiger partial charge >= 0.3 is 0 Å². The molecular weight excluding hydrogens is 192 g/mol. The van der Waals surface area contributed by atoms with E-state index < -0.39 is 0 Å². The summed E-state index contributed by atoms with van der Waals surface area (Å²) in [5.41, 5.74) is 1.26. The van der Waals surface area contributed by atoms with Gasteiger partial charge in [0.2, 0.25) is 0 Å². The first kappa shape index (κ1) is 11.1. The lowest BCUT2D eigenvalue weighted by Gasteiger charge is -2.13. The number of hydrogen-bond acceptors (Lipinski definition) is 0. The summed E-state index contributed by atoms with van der Waals surface area (Å²) in [5, 5.41) is 0.792. The normalized spacial score (nSPS) is 12.1. The van der Waals surface area contributed by atoms with Crippen molar-refractivity contribution in [3.8, 4) is 12.3 Å². The van der Waals surface area contributed by atoms with E-state index in [1.165, 1.54) is 5.56 Å². The topological polar surface area (TPSA) is 0 Å². The fraction of sp³-hybridized carbons (Fsp3) is 0.385. The average Bonchev–Trinajstić information content (AvgIpc) is 2.17. The van der Waals surface area contributed by atoms with Crippen LogP contribution in [0.25, 0.3) is 0 Å². The predicted molar refractivity (Wildman–Crippen MR) is 62.6 cm³/mol. The molecule has 0 aliphatic carbocycles. The number of rotatable bonds is 4. The molecule has 0 fully saturated rings. The predicted octanol–water partition coefficient (Wildman–Crippen LogP) is 4.25. The summed E-state index contributed by atoms with van der Waals surface area (Å²) in [6.45, 7) is 2.17. The molecule has 0 N–H and O–H groups in total. The van der Waals surface area contributed by atoms with E-state index in [1.807, 2.05) is 18.2 Å². The van der Waals surface area contributed by atoms with Gasteiger partial charge in [-0.15, -0.1) is 12.3 Å². The zero-order valence-corrected chi connectivity index (χ0v) is 9.22. The van der Waals surface area contributed by atoms with Crippen molar-refractivity contribution in [3.05, 3.63) is 34.9 Å². The molecule has 1 aromatic carbocycles. The molecule has 0 aliphatic rings. The summed E-state index contributed by atoms with van der Waals surface area (Å²) >= 11 is 5.94. The lowest BCUT2D eigenvalue weighted by Crippen LogP contribution is -1.97. The van der Waals surface area contributed by atoms with E-state index in [9.17, 15) is 0 Å². The third kappa shape index (κ3) is 3.09. The molecule has 1 rings (SSSR count). The summed E-state index contributed by atoms with van der Waals surface area (Å²) in [4.78, 5) is 0. The van der Waals surface area contributed by atoms with E-state index in [0.29, 0.717) is 5.92 Å². The molecule has 0 spiro atoms. The van der Waals surface area contributed by atoms with Crippen LogP contribution in [0.5, 0.6) is 0 Å². The van der Waals surface area contributed by atoms with E-state index in [-0.39, 0.29) is 0 Å². The van der Waals surface area contributed by atoms with Crippen LogP contribution in [0.4, 0.5) is 0 Å². The summed E-state index contributed by atoms with van der Waals surface area (Å²) in [7, 11) is 0. The van der Waals surface area contributed by atoms with Gasteiger partial charge in [0.25, 0.3) is 0 Å². The van der Waals surface area contributed by atoms with Gasteiger partial charge in [-0.3, -0.25) is 0 Å². The van der Waals surface area contributed by atoms with Gasteiger partial charge < -0.3 is 0 Å². The zero-order chi connectivity index (χ0) is 10.4. The molecule has 0 heterocycles. The van der Waals surface area contributed by atoms with Crippen molar-refractivity contribution in [2.45, 2.75) is 32.1 Å². The van der Waals surface area contributed by atoms with E-state index >= 15 is 0 Å². The third-order valence-corrected chi connectivity index (χ3v) is 2.56. The fourth-order valence-electron chi connectivity index (χ4n) is 1.64. The molecule has 14 heavy (non-hydrogen) atoms. The van der Waals surface area contributed by atoms with Crippen molar-refractivity contribution < 1.29 is 0 Å². The van der Waals surface area contributed by atoms with Crippen LogP contribution in [0, 0.1) is 12.3 Å². The number of halogens is 1. The van der Waals surface area contributed by atoms with Gasteiger partial charge in [0.15, 0.2) is 0 Å². The second-order valence-corrected chi connectivity index (χ2v) is 3.89. The molecule has 0 aliphatic heterocycles. The highest BCUT2D eigenvalue weighted by Crippen LogP contribution is 2.26. The van der Waals surface area contributed by atoms with Gasteiger partial charge in [0.05, 0.1) is 0 Å². The number of benzene rings is 1. The molecule has 1 unspecified atom stereocenters. The maximum absolute atomic E-state index is 5.94. The molecule has 0 saturated carbocycles. The van der Waals surface area contributed by atoms with Crippen LogP contribution in [0.15, 0.2) is 24.3 Å². The minimum Gasteiger partial charge on any atom is -0.120 e. The van der Waals surface area contributed by atoms with Crippen LogP contribution in [-0.4, -0.2) is 0 Å². The van der Waals surface area contributed by atoms with Crippen LogP contribution in [0.2, 0.25) is 5.02 Å². The second kappa shape index (κ2) is 5.73. The zero-order valence-electron chi connectivity index (χ0n) is 8.46. The quantitative estimate of drug-likeness (QED) is 0.647. The second-order valence-electron chi connectivity index (χ2n) is 3.45. The summed E-state index contributed by atoms with van der Waals surface area (Å²) in [6, 6.07) is 7.99. The van der Waals surface area contributed by atoms with Crippen LogP contribution in [0.3, 0.4) is 0 Å². The summed E-state index contributed by atoms with van der Waals surface area (Å²) < 4.78 is 0. The molecule has 0 nitrogen and oxygen atoms in total. The molecule has 74 valence electrons. The maximum Gasteiger partial charge on any atom is 0.0408 e. The Bertz CT molecular complexity index is 322. The Kier molecular flexibility index (Phi) is 4.56. The van der Waals surface area contributed by atoms with Crippen LogP contribution in [0.1, 0.15) is 37.7 Å². The Labute approximate surface area is 91.3 Å². The van der Waals surface area contributed by atoms with Crippen LogP contribution >= 0.6 is 11.6 Å². The van der Waals surface area contributed by atoms with Gasteiger partial charge in [-0.1, -0.05) is 37.1 Å². The molecule has 0 bridgehead atoms. The number of terminal acetylenes is 1. The molecule has 0 amide bonds. The highest BCUT2D eigenvalue weighted by Gasteiger charge is 2.08. The largest absolute Gasteiger partial charge is 0.120 e. The molecule has 0 saturated heterocycles. The highest BCUT2D eigenvalue weighted by molar-refractivity contribution is 6.30. The van der Waals surface area contributed by atoms with E-state index in [1.54, 1.807) is 0 Å². The summed E-state index contributed by atoms with van der Waals surface area (Å²) in [6.07, 6.45) is 8.43. The van der Waals surface area contributed by atoms with Gasteiger partial charge in [-0.05, 0) is 30.0 Å². The van der Waals surface area contributed by atoms with Crippen LogP contribution < -0.4 is 0 Å². The SMILES string of the molecule is C#CCC(CCC)c1cccc(Cl)c1. The van der Waals surface area contributed by atoms with Crippen molar-refractivity contribution in [1.29, 1.82) is 0 Å². The van der Waals surface area contributed by atoms with Crippen molar-refractivity contribution >= 4 is 11.6 Å². The number of hydrogen-bond donors (Lipinski definition) is 0. The first-order valence-corrected chi connectivity index (χ1v) is 5.34. The lowest BCUT2D eigenvalue weighted by atomic mass is 9.92. The van der Waals surface area contributed by atoms with Gasteiger partial charge in [0.1, 0.15) is 0 Å². The first-order chi connectivity index (χ1) is 6.77. The Balaban J connectivity index is 2.82. The minimum absolute atomic E-state index is 0.462. The third-order valence-electron chi connectivity index (χ3n) is 2.32. The Morgan fingerprint density at radius 3 is 2.86 bits per heavy atom. The van der Waals surface area contributed by atoms with Crippen molar-refractivity contribution in [2.75, 3.05) is 0 Å². The van der Waals surface area contributed by atoms with Gasteiger partial charge in [-0.2, -0.15) is 0 Å². The molecule has 0 aromatic heterocycles. The van der Waals surface area contributed by atoms with Gasteiger partial charge in [0, 0.05) is 11.4 Å². The molecular formula is C13H15Cl. The maximum atomic E-state index is 5.94. The Morgan fingerprint density at radius 1 is 1.50 bits per heavy atom. The average molecular weight is 207 g/mol. The molecule has 0 radical (unpaired) electrons. The highest BCUT2D eigenvalue weighted by atomic mass is 35.5. The summed E-state index contributed by atoms with van der Waals surface area (Å²) in [5.74, 6) is 3.19. The standard InChI is InChI=1S/C13H15Cl/c1-3-6-11(7-4-2)12-8-5-9-13(14)10-12/h1,5,8-11H,4,6-7H2,2H3. The van der Waals surface area contributed by atoms with Crippen molar-refractivity contribution in [1.82, 2.24) is 0 Å². The monoisotopic (exact) mass is 206 g/mol. The smallest absolute Gasteiger partial charge is 0.0408 e. The van der Waals surface area contributed by atoms with E-state index in [0.717, 1.165) is 24.3 Å². The fourth-order valence-corrected chi connectivity index (χ4v) is 1.84. The van der Waals surface area contributed by atoms with E-state index in [2.05, 4.69) is 18.9 Å². The Hall–Kier alpha value is -0.930. The van der Waals surface area contributed by atoms with Gasteiger partial charge in [-0.25, -0.2) is 0 Å². The lowest BCUT2D eigenvalue weighted by molar-refractivity contribution is 0.628. The van der Waals surface area contributed by atoms with E-state index in [4.69, 9.17) is 18.0 Å². The van der Waals surface area contributed by atoms with Crippen LogP contribution in [-0.2, 0) is 0 Å². The molecule has 1 atom stereocenters. The molecule has 1 aromatic rings. The minimum atomic E-state index is 0.462. The molecule has 1 heteroatoms. The van der Waals surface area contributed by atoms with Crippen molar-refractivity contribution in [2.24, 2.45) is 0 Å².